The molecule has 1 aliphatic rings. The first-order valence-electron chi connectivity index (χ1n) is 4.68. The van der Waals surface area contributed by atoms with Gasteiger partial charge in [0.2, 0.25) is 0 Å². The Morgan fingerprint density at radius 1 is 1.50 bits per heavy atom. The van der Waals surface area contributed by atoms with Crippen molar-refractivity contribution in [1.29, 1.82) is 5.41 Å². The number of nitrogens with one attached hydrogen (secondary N) is 1. The molecule has 0 atom stereocenters. The number of aromatic nitrogens is 1. The molecule has 0 radical (unpaired) electrons. The smallest absolute Gasteiger partial charge is 0.129 e. The van der Waals surface area contributed by atoms with Gasteiger partial charge in [0.25, 0.3) is 0 Å². The van der Waals surface area contributed by atoms with Crippen molar-refractivity contribution in [3.63, 3.8) is 0 Å². The van der Waals surface area contributed by atoms with Crippen LogP contribution in [0.2, 0.25) is 5.15 Å². The monoisotopic (exact) mass is 209 g/mol. The molecule has 1 aliphatic heterocycles. The summed E-state index contributed by atoms with van der Waals surface area (Å²) in [5, 5.41) is 8.20. The van der Waals surface area contributed by atoms with E-state index in [0.717, 1.165) is 37.3 Å². The van der Waals surface area contributed by atoms with Crippen LogP contribution in [0.15, 0.2) is 18.3 Å². The van der Waals surface area contributed by atoms with Gasteiger partial charge in [0.15, 0.2) is 0 Å². The molecule has 0 amide bonds. The number of hydrogen-bond acceptors (Lipinski definition) is 2. The zero-order chi connectivity index (χ0) is 9.97. The van der Waals surface area contributed by atoms with E-state index in [4.69, 9.17) is 17.0 Å². The number of hydrogen-bond donors (Lipinski definition) is 1. The molecule has 14 heavy (non-hydrogen) atoms. The minimum Gasteiger partial charge on any atom is -0.356 e. The van der Waals surface area contributed by atoms with Crippen molar-refractivity contribution in [3.8, 4) is 0 Å². The highest BCUT2D eigenvalue weighted by molar-refractivity contribution is 6.29. The summed E-state index contributed by atoms with van der Waals surface area (Å²) in [5.74, 6) is 0.736. The van der Waals surface area contributed by atoms with Gasteiger partial charge in [0, 0.05) is 25.7 Å². The lowest BCUT2D eigenvalue weighted by atomic mass is 10.3. The first-order chi connectivity index (χ1) is 6.75. The van der Waals surface area contributed by atoms with Gasteiger partial charge in [-0.1, -0.05) is 17.7 Å². The molecule has 1 N–H and O–H groups in total. The minimum absolute atomic E-state index is 0.519. The van der Waals surface area contributed by atoms with Crippen LogP contribution in [0.3, 0.4) is 0 Å². The van der Waals surface area contributed by atoms with Crippen LogP contribution < -0.4 is 0 Å². The highest BCUT2D eigenvalue weighted by Gasteiger charge is 2.16. The molecule has 0 saturated carbocycles. The Bertz CT molecular complexity index is 334. The zero-order valence-electron chi connectivity index (χ0n) is 7.83. The van der Waals surface area contributed by atoms with Crippen molar-refractivity contribution in [2.75, 3.05) is 6.54 Å². The quantitative estimate of drug-likeness (QED) is 0.760. The van der Waals surface area contributed by atoms with E-state index in [2.05, 4.69) is 9.88 Å². The average molecular weight is 210 g/mol. The molecule has 1 aromatic rings. The maximum Gasteiger partial charge on any atom is 0.129 e. The molecule has 0 unspecified atom stereocenters. The SMILES string of the molecule is N=C1CCCN1Cc1ccc(Cl)nc1. The molecule has 0 bridgehead atoms. The van der Waals surface area contributed by atoms with Crippen LogP contribution in [-0.2, 0) is 6.54 Å². The van der Waals surface area contributed by atoms with Crippen molar-refractivity contribution in [2.45, 2.75) is 19.4 Å². The van der Waals surface area contributed by atoms with Crippen LogP contribution in [0.5, 0.6) is 0 Å². The summed E-state index contributed by atoms with van der Waals surface area (Å²) in [6.07, 6.45) is 3.77. The summed E-state index contributed by atoms with van der Waals surface area (Å²) in [5.41, 5.74) is 1.11. The summed E-state index contributed by atoms with van der Waals surface area (Å²) in [7, 11) is 0. The highest BCUT2D eigenvalue weighted by atomic mass is 35.5. The third-order valence-corrected chi connectivity index (χ3v) is 2.61. The van der Waals surface area contributed by atoms with Crippen molar-refractivity contribution < 1.29 is 0 Å². The maximum absolute atomic E-state index is 7.68. The van der Waals surface area contributed by atoms with E-state index in [1.807, 2.05) is 6.07 Å². The largest absolute Gasteiger partial charge is 0.356 e. The van der Waals surface area contributed by atoms with E-state index < -0.39 is 0 Å². The first-order valence-corrected chi connectivity index (χ1v) is 5.06. The number of amidine groups is 1. The number of halogens is 1. The summed E-state index contributed by atoms with van der Waals surface area (Å²) in [6.45, 7) is 1.77. The molecule has 1 saturated heterocycles. The van der Waals surface area contributed by atoms with Crippen LogP contribution in [0.1, 0.15) is 18.4 Å². The zero-order valence-corrected chi connectivity index (χ0v) is 8.59. The molecule has 3 nitrogen and oxygen atoms in total. The second-order valence-electron chi connectivity index (χ2n) is 3.46. The van der Waals surface area contributed by atoms with Crippen LogP contribution >= 0.6 is 11.6 Å². The molecular weight excluding hydrogens is 198 g/mol. The normalized spacial score (nSPS) is 16.4. The van der Waals surface area contributed by atoms with Gasteiger partial charge in [-0.2, -0.15) is 0 Å². The maximum atomic E-state index is 7.68. The third-order valence-electron chi connectivity index (χ3n) is 2.39. The summed E-state index contributed by atoms with van der Waals surface area (Å²) >= 11 is 5.69. The van der Waals surface area contributed by atoms with Gasteiger partial charge in [-0.25, -0.2) is 4.98 Å². The fourth-order valence-corrected chi connectivity index (χ4v) is 1.74. The predicted molar refractivity (Wildman–Crippen MR) is 56.6 cm³/mol. The van der Waals surface area contributed by atoms with E-state index in [1.165, 1.54) is 0 Å². The third kappa shape index (κ3) is 2.04. The van der Waals surface area contributed by atoms with E-state index in [-0.39, 0.29) is 0 Å². The van der Waals surface area contributed by atoms with Crippen molar-refractivity contribution >= 4 is 17.4 Å². The average Bonchev–Trinajstić information content (AvgIpc) is 2.56. The number of likely N-dealkylation sites (tertiary alicyclic amines) is 1. The Hall–Kier alpha value is -1.09. The Labute approximate surface area is 88.2 Å². The fourth-order valence-electron chi connectivity index (χ4n) is 1.63. The lowest BCUT2D eigenvalue weighted by Crippen LogP contribution is -2.23. The lowest BCUT2D eigenvalue weighted by Gasteiger charge is -2.17. The van der Waals surface area contributed by atoms with Gasteiger partial charge in [-0.05, 0) is 18.1 Å². The molecule has 0 aromatic carbocycles. The molecule has 1 fully saturated rings. The molecule has 1 aromatic heterocycles. The highest BCUT2D eigenvalue weighted by Crippen LogP contribution is 2.14. The second-order valence-corrected chi connectivity index (χ2v) is 3.85. The molecular formula is C10H12ClN3. The first kappa shape index (κ1) is 9.46. The molecule has 2 rings (SSSR count). The Morgan fingerprint density at radius 3 is 2.93 bits per heavy atom. The van der Waals surface area contributed by atoms with Crippen molar-refractivity contribution in [3.05, 3.63) is 29.0 Å². The van der Waals surface area contributed by atoms with Gasteiger partial charge in [0.1, 0.15) is 5.15 Å². The lowest BCUT2D eigenvalue weighted by molar-refractivity contribution is 0.445. The predicted octanol–water partition coefficient (Wildman–Crippen LogP) is 2.31. The summed E-state index contributed by atoms with van der Waals surface area (Å²) < 4.78 is 0. The van der Waals surface area contributed by atoms with Gasteiger partial charge in [-0.15, -0.1) is 0 Å². The Kier molecular flexibility index (Phi) is 2.68. The fraction of sp³-hybridized carbons (Fsp3) is 0.400. The van der Waals surface area contributed by atoms with Crippen LogP contribution in [0, 0.1) is 5.41 Å². The molecule has 2 heterocycles. The van der Waals surface area contributed by atoms with Gasteiger partial charge < -0.3 is 4.90 Å². The summed E-state index contributed by atoms with van der Waals surface area (Å²) in [6, 6.07) is 3.75. The van der Waals surface area contributed by atoms with Gasteiger partial charge in [0.05, 0.1) is 5.84 Å². The molecule has 74 valence electrons. The van der Waals surface area contributed by atoms with E-state index in [1.54, 1.807) is 12.3 Å². The van der Waals surface area contributed by atoms with Gasteiger partial charge in [-0.3, -0.25) is 5.41 Å². The van der Waals surface area contributed by atoms with E-state index in [9.17, 15) is 0 Å². The number of nitrogens with zero attached hydrogens (tertiary/aromatic N) is 2. The minimum atomic E-state index is 0.519. The molecule has 0 aliphatic carbocycles. The van der Waals surface area contributed by atoms with E-state index >= 15 is 0 Å². The van der Waals surface area contributed by atoms with Crippen LogP contribution in [0.4, 0.5) is 0 Å². The second kappa shape index (κ2) is 3.96. The molecule has 4 heteroatoms. The molecule has 0 spiro atoms. The van der Waals surface area contributed by atoms with Crippen LogP contribution in [-0.4, -0.2) is 22.3 Å². The number of rotatable bonds is 2. The van der Waals surface area contributed by atoms with Crippen LogP contribution in [0.25, 0.3) is 0 Å². The summed E-state index contributed by atoms with van der Waals surface area (Å²) in [4.78, 5) is 6.09. The van der Waals surface area contributed by atoms with Crippen molar-refractivity contribution in [1.82, 2.24) is 9.88 Å². The Morgan fingerprint density at radius 2 is 2.36 bits per heavy atom. The van der Waals surface area contributed by atoms with Gasteiger partial charge >= 0.3 is 0 Å². The van der Waals surface area contributed by atoms with E-state index in [0.29, 0.717) is 5.15 Å². The standard InChI is InChI=1S/C10H12ClN3/c11-9-4-3-8(6-13-9)7-14-5-1-2-10(14)12/h3-4,6,12H,1-2,5,7H2. The Balaban J connectivity index is 2.03. The van der Waals surface area contributed by atoms with Crippen molar-refractivity contribution in [2.24, 2.45) is 0 Å². The topological polar surface area (TPSA) is 40.0 Å². The number of pyridine rings is 1.